The fraction of sp³-hybridized carbons (Fsp3) is 0.222. The highest BCUT2D eigenvalue weighted by Gasteiger charge is 2.09. The average Bonchev–Trinajstić information content (AvgIpc) is 2.63. The average molecular weight is 177 g/mol. The van der Waals surface area contributed by atoms with Gasteiger partial charge in [-0.1, -0.05) is 0 Å². The second kappa shape index (κ2) is 3.16. The van der Waals surface area contributed by atoms with Crippen LogP contribution in [-0.4, -0.2) is 21.7 Å². The Morgan fingerprint density at radius 3 is 3.15 bits per heavy atom. The minimum absolute atomic E-state index is 0.0860. The number of aromatic nitrogens is 2. The fourth-order valence-corrected chi connectivity index (χ4v) is 1.39. The van der Waals surface area contributed by atoms with Gasteiger partial charge in [-0.2, -0.15) is 0 Å². The molecule has 0 saturated carbocycles. The third kappa shape index (κ3) is 1.30. The number of nitrogens with zero attached hydrogens (tertiary/aromatic N) is 1. The maximum atomic E-state index is 8.91. The molecule has 0 unspecified atom stereocenters. The molecule has 2 heterocycles. The van der Waals surface area contributed by atoms with Crippen LogP contribution in [0, 0.1) is 0 Å². The van der Waals surface area contributed by atoms with Crippen LogP contribution >= 0.6 is 0 Å². The predicted octanol–water partition coefficient (Wildman–Crippen LogP) is 0.555. The van der Waals surface area contributed by atoms with Crippen LogP contribution in [-0.2, 0) is 0 Å². The van der Waals surface area contributed by atoms with Crippen molar-refractivity contribution in [3.63, 3.8) is 0 Å². The van der Waals surface area contributed by atoms with Crippen LogP contribution in [0.1, 0.15) is 11.7 Å². The largest absolute Gasteiger partial charge is 0.394 e. The van der Waals surface area contributed by atoms with Crippen LogP contribution in [0.15, 0.2) is 24.5 Å². The molecule has 0 amide bonds. The van der Waals surface area contributed by atoms with E-state index in [1.807, 2.05) is 18.3 Å². The Balaban J connectivity index is 2.60. The van der Waals surface area contributed by atoms with Crippen LogP contribution in [0.4, 0.5) is 0 Å². The first-order chi connectivity index (χ1) is 6.33. The smallest absolute Gasteiger partial charge is 0.0711 e. The van der Waals surface area contributed by atoms with Gasteiger partial charge >= 0.3 is 0 Å². The number of rotatable bonds is 2. The van der Waals surface area contributed by atoms with Crippen molar-refractivity contribution in [1.29, 1.82) is 0 Å². The van der Waals surface area contributed by atoms with Crippen molar-refractivity contribution in [3.8, 4) is 0 Å². The molecule has 68 valence electrons. The third-order valence-electron chi connectivity index (χ3n) is 2.06. The van der Waals surface area contributed by atoms with E-state index >= 15 is 0 Å². The third-order valence-corrected chi connectivity index (χ3v) is 2.06. The highest BCUT2D eigenvalue weighted by Crippen LogP contribution is 2.19. The zero-order chi connectivity index (χ0) is 9.26. The van der Waals surface area contributed by atoms with E-state index in [4.69, 9.17) is 10.8 Å². The molecular formula is C9H11N3O. The number of hydrogen-bond acceptors (Lipinski definition) is 3. The van der Waals surface area contributed by atoms with Gasteiger partial charge in [0.05, 0.1) is 18.3 Å². The Labute approximate surface area is 75.4 Å². The number of pyridine rings is 1. The minimum Gasteiger partial charge on any atom is -0.394 e. The Morgan fingerprint density at radius 1 is 1.54 bits per heavy atom. The van der Waals surface area contributed by atoms with Crippen molar-refractivity contribution in [2.45, 2.75) is 6.04 Å². The van der Waals surface area contributed by atoms with Crippen LogP contribution in [0.25, 0.3) is 10.9 Å². The van der Waals surface area contributed by atoms with Gasteiger partial charge in [0.2, 0.25) is 0 Å². The van der Waals surface area contributed by atoms with Crippen molar-refractivity contribution in [2.24, 2.45) is 5.73 Å². The second-order valence-corrected chi connectivity index (χ2v) is 2.92. The first kappa shape index (κ1) is 8.22. The lowest BCUT2D eigenvalue weighted by Crippen LogP contribution is -2.16. The highest BCUT2D eigenvalue weighted by atomic mass is 16.3. The summed E-state index contributed by atoms with van der Waals surface area (Å²) in [5, 5.41) is 9.89. The molecule has 2 aromatic heterocycles. The zero-order valence-corrected chi connectivity index (χ0v) is 7.07. The van der Waals surface area contributed by atoms with Gasteiger partial charge in [0.25, 0.3) is 0 Å². The van der Waals surface area contributed by atoms with Crippen molar-refractivity contribution < 1.29 is 5.11 Å². The maximum absolute atomic E-state index is 8.91. The van der Waals surface area contributed by atoms with Crippen LogP contribution in [0.5, 0.6) is 0 Å². The topological polar surface area (TPSA) is 74.9 Å². The molecule has 13 heavy (non-hydrogen) atoms. The summed E-state index contributed by atoms with van der Waals surface area (Å²) in [4.78, 5) is 7.21. The fourth-order valence-electron chi connectivity index (χ4n) is 1.39. The lowest BCUT2D eigenvalue weighted by molar-refractivity contribution is 0.266. The summed E-state index contributed by atoms with van der Waals surface area (Å²) in [5.41, 5.74) is 7.42. The van der Waals surface area contributed by atoms with Gasteiger partial charge in [-0.3, -0.25) is 4.98 Å². The summed E-state index contributed by atoms with van der Waals surface area (Å²) in [5.74, 6) is 0. The summed E-state index contributed by atoms with van der Waals surface area (Å²) in [6, 6.07) is 3.38. The maximum Gasteiger partial charge on any atom is 0.0711 e. The van der Waals surface area contributed by atoms with Crippen LogP contribution in [0.3, 0.4) is 0 Å². The Kier molecular flexibility index (Phi) is 2.00. The van der Waals surface area contributed by atoms with Gasteiger partial charge in [-0.05, 0) is 12.1 Å². The Bertz CT molecular complexity index is 410. The normalized spacial score (nSPS) is 13.4. The molecule has 0 aliphatic carbocycles. The second-order valence-electron chi connectivity index (χ2n) is 2.92. The molecule has 0 aromatic carbocycles. The Hall–Kier alpha value is -1.39. The van der Waals surface area contributed by atoms with Crippen molar-refractivity contribution >= 4 is 10.9 Å². The number of H-pyrrole nitrogens is 1. The summed E-state index contributed by atoms with van der Waals surface area (Å²) in [7, 11) is 0. The number of aliphatic hydroxyl groups excluding tert-OH is 1. The number of aliphatic hydroxyl groups is 1. The predicted molar refractivity (Wildman–Crippen MR) is 50.1 cm³/mol. The van der Waals surface area contributed by atoms with E-state index in [0.29, 0.717) is 0 Å². The van der Waals surface area contributed by atoms with E-state index in [9.17, 15) is 0 Å². The van der Waals surface area contributed by atoms with Gasteiger partial charge in [0.15, 0.2) is 0 Å². The molecule has 0 bridgehead atoms. The molecular weight excluding hydrogens is 166 g/mol. The van der Waals surface area contributed by atoms with E-state index in [1.165, 1.54) is 0 Å². The number of hydrogen-bond donors (Lipinski definition) is 3. The van der Waals surface area contributed by atoms with Gasteiger partial charge in [-0.15, -0.1) is 0 Å². The molecule has 0 fully saturated rings. The molecule has 4 heteroatoms. The lowest BCUT2D eigenvalue weighted by Gasteiger charge is -2.07. The molecule has 2 aromatic rings. The Morgan fingerprint density at radius 2 is 2.38 bits per heavy atom. The number of aromatic amines is 1. The summed E-state index contributed by atoms with van der Waals surface area (Å²) >= 11 is 0. The van der Waals surface area contributed by atoms with E-state index in [0.717, 1.165) is 16.6 Å². The van der Waals surface area contributed by atoms with Gasteiger partial charge in [-0.25, -0.2) is 0 Å². The van der Waals surface area contributed by atoms with E-state index < -0.39 is 6.04 Å². The lowest BCUT2D eigenvalue weighted by atomic mass is 10.1. The molecule has 1 atom stereocenters. The molecule has 0 aliphatic rings. The van der Waals surface area contributed by atoms with E-state index in [1.54, 1.807) is 6.20 Å². The quantitative estimate of drug-likeness (QED) is 0.627. The molecule has 0 saturated heterocycles. The summed E-state index contributed by atoms with van der Waals surface area (Å²) in [6.07, 6.45) is 3.52. The number of nitrogens with one attached hydrogen (secondary N) is 1. The molecule has 4 N–H and O–H groups in total. The van der Waals surface area contributed by atoms with Crippen LogP contribution < -0.4 is 5.73 Å². The van der Waals surface area contributed by atoms with Gasteiger partial charge in [0.1, 0.15) is 0 Å². The molecule has 0 spiro atoms. The summed E-state index contributed by atoms with van der Waals surface area (Å²) < 4.78 is 0. The first-order valence-electron chi connectivity index (χ1n) is 4.11. The van der Waals surface area contributed by atoms with Gasteiger partial charge < -0.3 is 15.8 Å². The zero-order valence-electron chi connectivity index (χ0n) is 7.07. The SMILES string of the molecule is N[C@H](CO)c1nccc2[nH]ccc12. The number of fused-ring (bicyclic) bond motifs is 1. The first-order valence-corrected chi connectivity index (χ1v) is 4.11. The summed E-state index contributed by atoms with van der Waals surface area (Å²) in [6.45, 7) is -0.0860. The highest BCUT2D eigenvalue weighted by molar-refractivity contribution is 5.81. The van der Waals surface area contributed by atoms with Crippen LogP contribution in [0.2, 0.25) is 0 Å². The monoisotopic (exact) mass is 177 g/mol. The van der Waals surface area contributed by atoms with Crippen molar-refractivity contribution in [1.82, 2.24) is 9.97 Å². The van der Waals surface area contributed by atoms with Crippen molar-refractivity contribution in [3.05, 3.63) is 30.2 Å². The minimum atomic E-state index is -0.403. The van der Waals surface area contributed by atoms with Gasteiger partial charge in [0, 0.05) is 23.3 Å². The molecule has 2 rings (SSSR count). The standard InChI is InChI=1S/C9H11N3O/c10-7(5-13)9-6-1-3-11-8(6)2-4-12-9/h1-4,7,11,13H,5,10H2/t7-/m1/s1. The molecule has 0 radical (unpaired) electrons. The van der Waals surface area contributed by atoms with Crippen molar-refractivity contribution in [2.75, 3.05) is 6.61 Å². The van der Waals surface area contributed by atoms with E-state index in [2.05, 4.69) is 9.97 Å². The molecule has 0 aliphatic heterocycles. The number of nitrogens with two attached hydrogens (primary N) is 1. The molecule has 4 nitrogen and oxygen atoms in total. The van der Waals surface area contributed by atoms with E-state index in [-0.39, 0.29) is 6.61 Å².